The standard InChI is InChI=1S/C22H32N4O2S2/c1-13(2)6-9-26-10-7-17(8-11-26)23-20(27)16(5)29-12-18-24-21(28)19-14(3)15(4)30-22(19)25-18/h6,16-17H,7-12H2,1-5H3,(H,23,27)(H,24,25,28). The maximum Gasteiger partial charge on any atom is 0.259 e. The van der Waals surface area contributed by atoms with Crippen molar-refractivity contribution < 1.29 is 4.79 Å². The first-order valence-corrected chi connectivity index (χ1v) is 12.4. The minimum absolute atomic E-state index is 0.0639. The van der Waals surface area contributed by atoms with Crippen LogP contribution in [0.4, 0.5) is 0 Å². The van der Waals surface area contributed by atoms with Gasteiger partial charge in [0.05, 0.1) is 16.4 Å². The van der Waals surface area contributed by atoms with Crippen molar-refractivity contribution in [2.24, 2.45) is 0 Å². The SMILES string of the molecule is CC(C)=CCN1CCC(NC(=O)C(C)SCc2nc3sc(C)c(C)c3c(=O)[nH]2)CC1. The van der Waals surface area contributed by atoms with Crippen molar-refractivity contribution in [1.29, 1.82) is 0 Å². The molecule has 0 spiro atoms. The maximum absolute atomic E-state index is 12.6. The molecule has 1 fully saturated rings. The van der Waals surface area contributed by atoms with Gasteiger partial charge in [-0.1, -0.05) is 11.6 Å². The quantitative estimate of drug-likeness (QED) is 0.631. The summed E-state index contributed by atoms with van der Waals surface area (Å²) in [5.74, 6) is 1.21. The Morgan fingerprint density at radius 3 is 2.73 bits per heavy atom. The number of hydrogen-bond donors (Lipinski definition) is 2. The first-order valence-electron chi connectivity index (χ1n) is 10.5. The molecule has 2 aromatic heterocycles. The van der Waals surface area contributed by atoms with E-state index in [0.717, 1.165) is 47.7 Å². The Kier molecular flexibility index (Phi) is 7.76. The van der Waals surface area contributed by atoms with Crippen LogP contribution >= 0.6 is 23.1 Å². The Morgan fingerprint density at radius 2 is 2.07 bits per heavy atom. The third-order valence-corrected chi connectivity index (χ3v) is 7.87. The molecule has 1 amide bonds. The lowest BCUT2D eigenvalue weighted by Gasteiger charge is -2.32. The molecule has 1 aliphatic rings. The summed E-state index contributed by atoms with van der Waals surface area (Å²) in [5, 5.41) is 3.69. The molecule has 1 unspecified atom stereocenters. The van der Waals surface area contributed by atoms with Gasteiger partial charge in [0.1, 0.15) is 10.7 Å². The number of rotatable bonds is 7. The summed E-state index contributed by atoms with van der Waals surface area (Å²) in [5.41, 5.74) is 2.26. The van der Waals surface area contributed by atoms with Gasteiger partial charge < -0.3 is 10.3 Å². The largest absolute Gasteiger partial charge is 0.352 e. The van der Waals surface area contributed by atoms with Crippen molar-refractivity contribution in [2.75, 3.05) is 19.6 Å². The lowest BCUT2D eigenvalue weighted by atomic mass is 10.0. The Labute approximate surface area is 186 Å². The van der Waals surface area contributed by atoms with Gasteiger partial charge in [0.25, 0.3) is 5.56 Å². The van der Waals surface area contributed by atoms with Crippen LogP contribution in [0, 0.1) is 13.8 Å². The fourth-order valence-corrected chi connectivity index (χ4v) is 5.35. The van der Waals surface area contributed by atoms with E-state index < -0.39 is 0 Å². The molecule has 3 heterocycles. The predicted octanol–water partition coefficient (Wildman–Crippen LogP) is 3.77. The van der Waals surface area contributed by atoms with Crippen molar-refractivity contribution in [3.8, 4) is 0 Å². The van der Waals surface area contributed by atoms with Crippen molar-refractivity contribution >= 4 is 39.2 Å². The number of H-pyrrole nitrogens is 1. The molecule has 164 valence electrons. The fourth-order valence-electron chi connectivity index (χ4n) is 3.54. The number of allylic oxidation sites excluding steroid dienone is 1. The Morgan fingerprint density at radius 1 is 1.37 bits per heavy atom. The number of aromatic nitrogens is 2. The molecule has 3 rings (SSSR count). The highest BCUT2D eigenvalue weighted by molar-refractivity contribution is 7.99. The van der Waals surface area contributed by atoms with E-state index in [9.17, 15) is 9.59 Å². The van der Waals surface area contributed by atoms with Crippen molar-refractivity contribution in [2.45, 2.75) is 64.5 Å². The van der Waals surface area contributed by atoms with Gasteiger partial charge in [0.15, 0.2) is 0 Å². The average Bonchev–Trinajstić information content (AvgIpc) is 2.99. The number of nitrogens with zero attached hydrogens (tertiary/aromatic N) is 2. The van der Waals surface area contributed by atoms with Gasteiger partial charge >= 0.3 is 0 Å². The Hall–Kier alpha value is -1.64. The predicted molar refractivity (Wildman–Crippen MR) is 128 cm³/mol. The topological polar surface area (TPSA) is 78.1 Å². The number of hydrogen-bond acceptors (Lipinski definition) is 6. The number of aryl methyl sites for hydroxylation is 2. The molecule has 6 nitrogen and oxygen atoms in total. The Bertz CT molecular complexity index is 983. The molecular weight excluding hydrogens is 416 g/mol. The number of thioether (sulfide) groups is 1. The molecule has 0 aliphatic carbocycles. The van der Waals surface area contributed by atoms with Crippen LogP contribution in [0.1, 0.15) is 49.9 Å². The van der Waals surface area contributed by atoms with E-state index in [1.165, 1.54) is 17.3 Å². The molecule has 1 saturated heterocycles. The van der Waals surface area contributed by atoms with Gasteiger partial charge in [-0.3, -0.25) is 14.5 Å². The summed E-state index contributed by atoms with van der Waals surface area (Å²) >= 11 is 3.06. The molecule has 2 aromatic rings. The van der Waals surface area contributed by atoms with Crippen molar-refractivity contribution in [3.05, 3.63) is 38.3 Å². The maximum atomic E-state index is 12.6. The summed E-state index contributed by atoms with van der Waals surface area (Å²) in [6, 6.07) is 0.245. The highest BCUT2D eigenvalue weighted by Crippen LogP contribution is 2.26. The minimum Gasteiger partial charge on any atom is -0.352 e. The van der Waals surface area contributed by atoms with Crippen LogP contribution in [0.15, 0.2) is 16.4 Å². The van der Waals surface area contributed by atoms with E-state index in [1.54, 1.807) is 11.3 Å². The lowest BCUT2D eigenvalue weighted by molar-refractivity contribution is -0.121. The van der Waals surface area contributed by atoms with Crippen LogP contribution in [0.3, 0.4) is 0 Å². The van der Waals surface area contributed by atoms with Crippen LogP contribution in [-0.2, 0) is 10.5 Å². The molecule has 0 radical (unpaired) electrons. The summed E-state index contributed by atoms with van der Waals surface area (Å²) in [4.78, 5) is 36.8. The Balaban J connectivity index is 1.49. The molecule has 30 heavy (non-hydrogen) atoms. The van der Waals surface area contributed by atoms with Gasteiger partial charge in [-0.05, 0) is 53.0 Å². The second-order valence-electron chi connectivity index (χ2n) is 8.29. The number of fused-ring (bicyclic) bond motifs is 1. The number of thiophene rings is 1. The summed E-state index contributed by atoms with van der Waals surface area (Å²) < 4.78 is 0. The molecule has 0 bridgehead atoms. The number of nitrogens with one attached hydrogen (secondary N) is 2. The van der Waals surface area contributed by atoms with Gasteiger partial charge in [0.2, 0.25) is 5.91 Å². The second kappa shape index (κ2) is 10.1. The highest BCUT2D eigenvalue weighted by Gasteiger charge is 2.23. The van der Waals surface area contributed by atoms with E-state index in [0.29, 0.717) is 17.0 Å². The van der Waals surface area contributed by atoms with Crippen molar-refractivity contribution in [3.63, 3.8) is 0 Å². The first-order chi connectivity index (χ1) is 14.2. The third kappa shape index (κ3) is 5.74. The van der Waals surface area contributed by atoms with Crippen LogP contribution in [0.2, 0.25) is 0 Å². The summed E-state index contributed by atoms with van der Waals surface area (Å²) in [6.45, 7) is 13.2. The summed E-state index contributed by atoms with van der Waals surface area (Å²) in [7, 11) is 0. The number of carbonyl (C=O) groups is 1. The number of piperidine rings is 1. The highest BCUT2D eigenvalue weighted by atomic mass is 32.2. The first kappa shape index (κ1) is 23.0. The molecule has 1 aliphatic heterocycles. The van der Waals surface area contributed by atoms with Gasteiger partial charge in [0, 0.05) is 30.6 Å². The molecular formula is C22H32N4O2S2. The minimum atomic E-state index is -0.193. The van der Waals surface area contributed by atoms with E-state index >= 15 is 0 Å². The van der Waals surface area contributed by atoms with E-state index in [2.05, 4.69) is 40.1 Å². The normalized spacial score (nSPS) is 16.6. The lowest BCUT2D eigenvalue weighted by Crippen LogP contribution is -2.46. The van der Waals surface area contributed by atoms with Gasteiger partial charge in [-0.15, -0.1) is 23.1 Å². The number of amides is 1. The van der Waals surface area contributed by atoms with Crippen LogP contribution < -0.4 is 10.9 Å². The number of likely N-dealkylation sites (tertiary alicyclic amines) is 1. The van der Waals surface area contributed by atoms with E-state index in [1.807, 2.05) is 20.8 Å². The monoisotopic (exact) mass is 448 g/mol. The van der Waals surface area contributed by atoms with Gasteiger partial charge in [-0.25, -0.2) is 4.98 Å². The van der Waals surface area contributed by atoms with Crippen LogP contribution in [0.5, 0.6) is 0 Å². The average molecular weight is 449 g/mol. The van der Waals surface area contributed by atoms with Crippen LogP contribution in [-0.4, -0.2) is 51.7 Å². The molecule has 8 heteroatoms. The van der Waals surface area contributed by atoms with E-state index in [4.69, 9.17) is 0 Å². The fraction of sp³-hybridized carbons (Fsp3) is 0.591. The van der Waals surface area contributed by atoms with Crippen molar-refractivity contribution in [1.82, 2.24) is 20.2 Å². The third-order valence-electron chi connectivity index (χ3n) is 5.62. The van der Waals surface area contributed by atoms with Crippen LogP contribution in [0.25, 0.3) is 10.2 Å². The number of aromatic amines is 1. The summed E-state index contributed by atoms with van der Waals surface area (Å²) in [6.07, 6.45) is 4.23. The smallest absolute Gasteiger partial charge is 0.259 e. The van der Waals surface area contributed by atoms with Gasteiger partial charge in [-0.2, -0.15) is 0 Å². The zero-order chi connectivity index (χ0) is 21.8. The molecule has 0 saturated carbocycles. The molecule has 1 atom stereocenters. The zero-order valence-electron chi connectivity index (χ0n) is 18.5. The number of carbonyl (C=O) groups excluding carboxylic acids is 1. The molecule has 0 aromatic carbocycles. The van der Waals surface area contributed by atoms with E-state index in [-0.39, 0.29) is 22.8 Å². The second-order valence-corrected chi connectivity index (χ2v) is 10.8. The zero-order valence-corrected chi connectivity index (χ0v) is 20.1. The molecule has 2 N–H and O–H groups in total.